The molecule has 1 saturated heterocycles. The van der Waals surface area contributed by atoms with Crippen LogP contribution in [0.25, 0.3) is 0 Å². The molecule has 5 atom stereocenters. The molecule has 0 radical (unpaired) electrons. The molecule has 2 N–H and O–H groups in total. The van der Waals surface area contributed by atoms with Crippen molar-refractivity contribution in [2.45, 2.75) is 83.7 Å². The summed E-state index contributed by atoms with van der Waals surface area (Å²) in [7, 11) is -3.70. The standard InChI is InChI=1S/C29H41N3O5S/c1-28(2)22-14-15-29(28,25(33)17-22)19-38(36,37)32-16-8-11-21(18-32)27(35)31-24-13-7-6-12-23(24)30-26(34)20-9-4-3-5-10-20/h3-5,9-10,21-24H,6-8,11-19H2,1-2H3,(H,30,34)(H,31,35)/t21?,22?,23-,24?,29-/m1/s1. The Morgan fingerprint density at radius 3 is 2.29 bits per heavy atom. The Labute approximate surface area is 226 Å². The SMILES string of the molecule is CC1(C)C2CC[C@@]1(CS(=O)(=O)N1CCCC(C(=O)NC3CCCC[C@H]3NC(=O)c3ccccc3)C1)C(=O)C2. The minimum Gasteiger partial charge on any atom is -0.351 e. The number of hydrogen-bond acceptors (Lipinski definition) is 5. The summed E-state index contributed by atoms with van der Waals surface area (Å²) >= 11 is 0. The third-order valence-electron chi connectivity index (χ3n) is 10.2. The summed E-state index contributed by atoms with van der Waals surface area (Å²) in [6, 6.07) is 8.72. The van der Waals surface area contributed by atoms with E-state index < -0.39 is 21.4 Å². The van der Waals surface area contributed by atoms with E-state index in [9.17, 15) is 22.8 Å². The number of rotatable bonds is 7. The first-order chi connectivity index (χ1) is 18.0. The van der Waals surface area contributed by atoms with Gasteiger partial charge in [0.1, 0.15) is 5.78 Å². The molecule has 1 aromatic carbocycles. The van der Waals surface area contributed by atoms with Crippen LogP contribution in [0.15, 0.2) is 30.3 Å². The lowest BCUT2D eigenvalue weighted by atomic mass is 9.70. The van der Waals surface area contributed by atoms with E-state index in [1.807, 2.05) is 18.2 Å². The van der Waals surface area contributed by atoms with Crippen molar-refractivity contribution in [3.8, 4) is 0 Å². The van der Waals surface area contributed by atoms with E-state index >= 15 is 0 Å². The van der Waals surface area contributed by atoms with Crippen molar-refractivity contribution >= 4 is 27.6 Å². The van der Waals surface area contributed by atoms with Crippen molar-refractivity contribution in [2.24, 2.45) is 22.7 Å². The first-order valence-electron chi connectivity index (χ1n) is 14.2. The van der Waals surface area contributed by atoms with E-state index in [2.05, 4.69) is 24.5 Å². The highest BCUT2D eigenvalue weighted by Crippen LogP contribution is 2.64. The predicted octanol–water partition coefficient (Wildman–Crippen LogP) is 3.28. The molecule has 9 heteroatoms. The van der Waals surface area contributed by atoms with Gasteiger partial charge in [0.15, 0.2) is 0 Å². The lowest BCUT2D eigenvalue weighted by molar-refractivity contribution is -0.128. The molecule has 4 fully saturated rings. The molecule has 1 aliphatic heterocycles. The van der Waals surface area contributed by atoms with E-state index in [-0.39, 0.29) is 53.3 Å². The summed E-state index contributed by atoms with van der Waals surface area (Å²) in [4.78, 5) is 39.1. The van der Waals surface area contributed by atoms with Gasteiger partial charge in [-0.1, -0.05) is 44.9 Å². The van der Waals surface area contributed by atoms with Crippen LogP contribution in [0, 0.1) is 22.7 Å². The monoisotopic (exact) mass is 543 g/mol. The molecular weight excluding hydrogens is 502 g/mol. The van der Waals surface area contributed by atoms with Crippen molar-refractivity contribution in [2.75, 3.05) is 18.8 Å². The third kappa shape index (κ3) is 4.92. The third-order valence-corrected chi connectivity index (χ3v) is 12.1. The van der Waals surface area contributed by atoms with Crippen LogP contribution in [-0.2, 0) is 19.6 Å². The molecule has 2 bridgehead atoms. The number of carbonyl (C=O) groups is 3. The van der Waals surface area contributed by atoms with Crippen molar-refractivity contribution < 1.29 is 22.8 Å². The lowest BCUT2D eigenvalue weighted by Gasteiger charge is -2.39. The highest BCUT2D eigenvalue weighted by Gasteiger charge is 2.65. The fourth-order valence-corrected chi connectivity index (χ4v) is 9.84. The van der Waals surface area contributed by atoms with Crippen molar-refractivity contribution in [1.82, 2.24) is 14.9 Å². The molecule has 8 nitrogen and oxygen atoms in total. The lowest BCUT2D eigenvalue weighted by Crippen LogP contribution is -2.56. The number of benzene rings is 1. The first-order valence-corrected chi connectivity index (χ1v) is 15.8. The minimum absolute atomic E-state index is 0.0921. The van der Waals surface area contributed by atoms with Gasteiger partial charge in [0.05, 0.1) is 11.7 Å². The summed E-state index contributed by atoms with van der Waals surface area (Å²) in [6.45, 7) is 4.64. The fourth-order valence-electron chi connectivity index (χ4n) is 7.54. The first kappa shape index (κ1) is 27.3. The molecule has 38 heavy (non-hydrogen) atoms. The Hall–Kier alpha value is -2.26. The molecule has 5 rings (SSSR count). The van der Waals surface area contributed by atoms with Gasteiger partial charge in [-0.3, -0.25) is 14.4 Å². The zero-order chi connectivity index (χ0) is 27.1. The van der Waals surface area contributed by atoms with Crippen molar-refractivity contribution in [3.63, 3.8) is 0 Å². The van der Waals surface area contributed by atoms with Gasteiger partial charge in [-0.15, -0.1) is 0 Å². The van der Waals surface area contributed by atoms with E-state index in [4.69, 9.17) is 0 Å². The number of amides is 2. The van der Waals surface area contributed by atoms with E-state index in [0.717, 1.165) is 32.1 Å². The van der Waals surface area contributed by atoms with Crippen LogP contribution in [0.1, 0.15) is 82.0 Å². The Morgan fingerprint density at radius 1 is 0.974 bits per heavy atom. The van der Waals surface area contributed by atoms with Crippen LogP contribution < -0.4 is 10.6 Å². The second-order valence-corrected chi connectivity index (χ2v) is 14.4. The molecule has 0 aromatic heterocycles. The molecule has 3 unspecified atom stereocenters. The van der Waals surface area contributed by atoms with Crippen molar-refractivity contribution in [3.05, 3.63) is 35.9 Å². The van der Waals surface area contributed by atoms with E-state index in [1.54, 1.807) is 12.1 Å². The van der Waals surface area contributed by atoms with Crippen LogP contribution in [0.5, 0.6) is 0 Å². The smallest absolute Gasteiger partial charge is 0.251 e. The summed E-state index contributed by atoms with van der Waals surface area (Å²) in [5.41, 5.74) is -0.532. The number of nitrogens with one attached hydrogen (secondary N) is 2. The Kier molecular flexibility index (Phi) is 7.46. The van der Waals surface area contributed by atoms with Crippen molar-refractivity contribution in [1.29, 1.82) is 0 Å². The normalized spacial score (nSPS) is 33.2. The number of piperidine rings is 1. The van der Waals surface area contributed by atoms with Crippen LogP contribution >= 0.6 is 0 Å². The largest absolute Gasteiger partial charge is 0.351 e. The number of carbonyl (C=O) groups excluding carboxylic acids is 3. The van der Waals surface area contributed by atoms with Gasteiger partial charge in [0.2, 0.25) is 15.9 Å². The minimum atomic E-state index is -3.70. The topological polar surface area (TPSA) is 113 Å². The van der Waals surface area contributed by atoms with Gasteiger partial charge in [-0.05, 0) is 62.0 Å². The van der Waals surface area contributed by atoms with Gasteiger partial charge < -0.3 is 10.6 Å². The molecule has 208 valence electrons. The average Bonchev–Trinajstić information content (AvgIpc) is 3.24. The van der Waals surface area contributed by atoms with E-state index in [1.165, 1.54) is 4.31 Å². The molecule has 1 aromatic rings. The van der Waals surface area contributed by atoms with Crippen LogP contribution in [-0.4, -0.2) is 61.2 Å². The zero-order valence-corrected chi connectivity index (χ0v) is 23.4. The summed E-state index contributed by atoms with van der Waals surface area (Å²) < 4.78 is 28.7. The number of nitrogens with zero attached hydrogens (tertiary/aromatic N) is 1. The molecule has 0 spiro atoms. The van der Waals surface area contributed by atoms with Crippen LogP contribution in [0.2, 0.25) is 0 Å². The fraction of sp³-hybridized carbons (Fsp3) is 0.690. The van der Waals surface area contributed by atoms with Gasteiger partial charge in [0.25, 0.3) is 5.91 Å². The number of fused-ring (bicyclic) bond motifs is 2. The summed E-state index contributed by atoms with van der Waals surface area (Å²) in [5.74, 6) is -0.526. The van der Waals surface area contributed by atoms with Crippen LogP contribution in [0.3, 0.4) is 0 Å². The zero-order valence-electron chi connectivity index (χ0n) is 22.6. The van der Waals surface area contributed by atoms with Gasteiger partial charge in [0, 0.05) is 42.6 Å². The number of hydrogen-bond donors (Lipinski definition) is 2. The molecular formula is C29H41N3O5S. The number of Topliss-reactive ketones (excluding diaryl/α,β-unsaturated/α-hetero) is 1. The highest BCUT2D eigenvalue weighted by molar-refractivity contribution is 7.89. The Balaban J connectivity index is 1.22. The maximum Gasteiger partial charge on any atom is 0.251 e. The molecule has 2 amide bonds. The molecule has 3 saturated carbocycles. The molecule has 4 aliphatic rings. The summed E-state index contributed by atoms with van der Waals surface area (Å²) in [6.07, 6.45) is 6.80. The quantitative estimate of drug-likeness (QED) is 0.548. The summed E-state index contributed by atoms with van der Waals surface area (Å²) in [5, 5.41) is 6.26. The number of sulfonamides is 1. The Morgan fingerprint density at radius 2 is 1.66 bits per heavy atom. The van der Waals surface area contributed by atoms with E-state index in [0.29, 0.717) is 37.8 Å². The average molecular weight is 544 g/mol. The van der Waals surface area contributed by atoms with Gasteiger partial charge in [-0.25, -0.2) is 12.7 Å². The highest BCUT2D eigenvalue weighted by atomic mass is 32.2. The maximum absolute atomic E-state index is 13.6. The predicted molar refractivity (Wildman–Crippen MR) is 145 cm³/mol. The van der Waals surface area contributed by atoms with Crippen LogP contribution in [0.4, 0.5) is 0 Å². The van der Waals surface area contributed by atoms with Gasteiger partial charge >= 0.3 is 0 Å². The van der Waals surface area contributed by atoms with Gasteiger partial charge in [-0.2, -0.15) is 0 Å². The molecule has 1 heterocycles. The second-order valence-electron chi connectivity index (χ2n) is 12.5. The maximum atomic E-state index is 13.6. The second kappa shape index (κ2) is 10.4. The molecule has 3 aliphatic carbocycles. The Bertz CT molecular complexity index is 1180. The number of ketones is 1.